The highest BCUT2D eigenvalue weighted by Crippen LogP contribution is 2.35. The number of cyclic esters (lactones) is 1. The molecule has 2 aromatic rings. The van der Waals surface area contributed by atoms with Gasteiger partial charge in [0, 0.05) is 11.1 Å². The summed E-state index contributed by atoms with van der Waals surface area (Å²) in [5, 5.41) is 30.6. The van der Waals surface area contributed by atoms with Gasteiger partial charge in [0.1, 0.15) is 29.5 Å². The summed E-state index contributed by atoms with van der Waals surface area (Å²) in [6.07, 6.45) is 4.67. The molecule has 0 aromatic heterocycles. The second kappa shape index (κ2) is 9.78. The van der Waals surface area contributed by atoms with E-state index in [4.69, 9.17) is 9.47 Å². The maximum absolute atomic E-state index is 12.8. The number of aliphatic hydroxyl groups is 2. The van der Waals surface area contributed by atoms with Crippen molar-refractivity contribution < 1.29 is 29.6 Å². The first kappa shape index (κ1) is 21.9. The molecule has 3 rings (SSSR count). The quantitative estimate of drug-likeness (QED) is 0.495. The Morgan fingerprint density at radius 2 is 1.93 bits per heavy atom. The molecule has 0 amide bonds. The second-order valence-corrected chi connectivity index (χ2v) is 7.50. The van der Waals surface area contributed by atoms with Gasteiger partial charge in [-0.15, -0.1) is 0 Å². The fraction of sp³-hybridized carbons (Fsp3) is 0.375. The number of esters is 1. The molecule has 0 fully saturated rings. The van der Waals surface area contributed by atoms with Crippen molar-refractivity contribution >= 4 is 12.0 Å². The van der Waals surface area contributed by atoms with Crippen molar-refractivity contribution in [2.45, 2.75) is 58.3 Å². The van der Waals surface area contributed by atoms with Gasteiger partial charge in [-0.25, -0.2) is 4.79 Å². The SMILES string of the molecule is CCCCCC1OC(=O)c2cc(ccc2C)Oc2ccc(O)c(CO)c2C=CC1O. The predicted molar refractivity (Wildman–Crippen MR) is 114 cm³/mol. The molecule has 2 aromatic carbocycles. The Balaban J connectivity index is 2.10. The molecule has 1 aliphatic rings. The average molecular weight is 412 g/mol. The van der Waals surface area contributed by atoms with Crippen LogP contribution >= 0.6 is 0 Å². The van der Waals surface area contributed by atoms with Crippen LogP contribution in [0.25, 0.3) is 6.08 Å². The molecule has 1 aliphatic heterocycles. The highest BCUT2D eigenvalue weighted by molar-refractivity contribution is 5.91. The van der Waals surface area contributed by atoms with E-state index >= 15 is 0 Å². The van der Waals surface area contributed by atoms with Crippen LogP contribution in [-0.2, 0) is 11.3 Å². The molecule has 0 spiro atoms. The van der Waals surface area contributed by atoms with E-state index in [1.807, 2.05) is 6.92 Å². The number of ether oxygens (including phenoxy) is 2. The molecule has 160 valence electrons. The number of fused-ring (bicyclic) bond motifs is 3. The van der Waals surface area contributed by atoms with Crippen molar-refractivity contribution in [1.82, 2.24) is 0 Å². The van der Waals surface area contributed by atoms with Gasteiger partial charge < -0.3 is 24.8 Å². The van der Waals surface area contributed by atoms with Gasteiger partial charge >= 0.3 is 5.97 Å². The summed E-state index contributed by atoms with van der Waals surface area (Å²) in [5.74, 6) is 0.253. The summed E-state index contributed by atoms with van der Waals surface area (Å²) in [6, 6.07) is 8.14. The predicted octanol–water partition coefficient (Wildman–Crippen LogP) is 4.48. The van der Waals surface area contributed by atoms with Crippen LogP contribution < -0.4 is 4.74 Å². The number of benzene rings is 2. The van der Waals surface area contributed by atoms with Gasteiger partial charge in [-0.1, -0.05) is 38.0 Å². The molecule has 6 heteroatoms. The molecule has 3 N–H and O–H groups in total. The number of carbonyl (C=O) groups is 1. The van der Waals surface area contributed by atoms with Crippen molar-refractivity contribution in [2.24, 2.45) is 0 Å². The third kappa shape index (κ3) is 4.83. The van der Waals surface area contributed by atoms with E-state index < -0.39 is 24.8 Å². The third-order valence-electron chi connectivity index (χ3n) is 5.30. The minimum Gasteiger partial charge on any atom is -0.508 e. The van der Waals surface area contributed by atoms with Crippen LogP contribution in [0.1, 0.15) is 59.7 Å². The number of carbonyl (C=O) groups excluding carboxylic acids is 1. The van der Waals surface area contributed by atoms with Gasteiger partial charge in [-0.3, -0.25) is 0 Å². The highest BCUT2D eigenvalue weighted by Gasteiger charge is 2.24. The number of aliphatic hydroxyl groups excluding tert-OH is 2. The van der Waals surface area contributed by atoms with Crippen LogP contribution in [0.15, 0.2) is 36.4 Å². The zero-order chi connectivity index (χ0) is 21.7. The van der Waals surface area contributed by atoms with Crippen LogP contribution in [0.3, 0.4) is 0 Å². The zero-order valence-corrected chi connectivity index (χ0v) is 17.3. The smallest absolute Gasteiger partial charge is 0.338 e. The maximum Gasteiger partial charge on any atom is 0.338 e. The molecule has 1 heterocycles. The van der Waals surface area contributed by atoms with Gasteiger partial charge in [0.15, 0.2) is 0 Å². The summed E-state index contributed by atoms with van der Waals surface area (Å²) in [7, 11) is 0. The number of hydrogen-bond donors (Lipinski definition) is 3. The van der Waals surface area contributed by atoms with E-state index in [1.54, 1.807) is 30.3 Å². The highest BCUT2D eigenvalue weighted by atomic mass is 16.6. The maximum atomic E-state index is 12.8. The van der Waals surface area contributed by atoms with Crippen molar-refractivity contribution in [3.63, 3.8) is 0 Å². The number of aryl methyl sites for hydroxylation is 1. The monoisotopic (exact) mass is 412 g/mol. The van der Waals surface area contributed by atoms with Gasteiger partial charge in [0.05, 0.1) is 12.2 Å². The Labute approximate surface area is 176 Å². The molecule has 2 atom stereocenters. The summed E-state index contributed by atoms with van der Waals surface area (Å²) in [5.41, 5.74) is 1.86. The minimum absolute atomic E-state index is 0.0680. The first-order valence-electron chi connectivity index (χ1n) is 10.3. The Bertz CT molecular complexity index is 934. The Hall–Kier alpha value is -2.83. The molecule has 2 bridgehead atoms. The summed E-state index contributed by atoms with van der Waals surface area (Å²) in [4.78, 5) is 12.8. The lowest BCUT2D eigenvalue weighted by atomic mass is 10.0. The Morgan fingerprint density at radius 1 is 1.13 bits per heavy atom. The standard InChI is InChI=1S/C24H28O6/c1-3-4-5-6-23-21(27)10-9-17-19(14-25)20(26)11-12-22(17)29-16-8-7-15(2)18(13-16)24(28)30-23/h7-13,21,23,25-27H,3-6,14H2,1-2H3. The second-order valence-electron chi connectivity index (χ2n) is 7.50. The lowest BCUT2D eigenvalue weighted by Crippen LogP contribution is -2.30. The van der Waals surface area contributed by atoms with Gasteiger partial charge in [-0.2, -0.15) is 0 Å². The minimum atomic E-state index is -1.05. The average Bonchev–Trinajstić information content (AvgIpc) is 2.73. The van der Waals surface area contributed by atoms with E-state index in [2.05, 4.69) is 6.92 Å². The van der Waals surface area contributed by atoms with E-state index in [0.29, 0.717) is 34.6 Å². The number of unbranched alkanes of at least 4 members (excludes halogenated alkanes) is 2. The van der Waals surface area contributed by atoms with Crippen LogP contribution in [0.4, 0.5) is 0 Å². The summed E-state index contributed by atoms with van der Waals surface area (Å²) in [6.45, 7) is 3.50. The number of rotatable bonds is 5. The molecule has 0 saturated carbocycles. The lowest BCUT2D eigenvalue weighted by Gasteiger charge is -2.23. The fourth-order valence-electron chi connectivity index (χ4n) is 3.50. The molecule has 0 aliphatic carbocycles. The van der Waals surface area contributed by atoms with E-state index in [0.717, 1.165) is 24.8 Å². The first-order chi connectivity index (χ1) is 14.4. The van der Waals surface area contributed by atoms with E-state index in [9.17, 15) is 20.1 Å². The zero-order valence-electron chi connectivity index (χ0n) is 17.3. The number of hydrogen-bond acceptors (Lipinski definition) is 6. The fourth-order valence-corrected chi connectivity index (χ4v) is 3.50. The molecule has 0 radical (unpaired) electrons. The van der Waals surface area contributed by atoms with Crippen LogP contribution in [-0.4, -0.2) is 33.5 Å². The van der Waals surface area contributed by atoms with Gasteiger partial charge in [0.25, 0.3) is 0 Å². The number of phenols is 1. The normalized spacial score (nSPS) is 18.6. The molecular formula is C24H28O6. The number of aromatic hydroxyl groups is 1. The van der Waals surface area contributed by atoms with Crippen LogP contribution in [0.2, 0.25) is 0 Å². The van der Waals surface area contributed by atoms with Crippen LogP contribution in [0.5, 0.6) is 17.2 Å². The topological polar surface area (TPSA) is 96.2 Å². The Morgan fingerprint density at radius 3 is 2.67 bits per heavy atom. The molecular weight excluding hydrogens is 384 g/mol. The van der Waals surface area contributed by atoms with E-state index in [1.165, 1.54) is 12.1 Å². The van der Waals surface area contributed by atoms with Crippen molar-refractivity contribution in [2.75, 3.05) is 0 Å². The van der Waals surface area contributed by atoms with Crippen molar-refractivity contribution in [3.05, 3.63) is 58.7 Å². The van der Waals surface area contributed by atoms with Crippen molar-refractivity contribution in [1.29, 1.82) is 0 Å². The lowest BCUT2D eigenvalue weighted by molar-refractivity contribution is -0.00748. The van der Waals surface area contributed by atoms with Crippen molar-refractivity contribution in [3.8, 4) is 17.2 Å². The first-order valence-corrected chi connectivity index (χ1v) is 10.3. The van der Waals surface area contributed by atoms with Gasteiger partial charge in [0.2, 0.25) is 0 Å². The largest absolute Gasteiger partial charge is 0.508 e. The molecule has 2 unspecified atom stereocenters. The van der Waals surface area contributed by atoms with Gasteiger partial charge in [-0.05, 0) is 49.6 Å². The summed E-state index contributed by atoms with van der Waals surface area (Å²) < 4.78 is 11.6. The molecule has 30 heavy (non-hydrogen) atoms. The van der Waals surface area contributed by atoms with Crippen LogP contribution in [0, 0.1) is 6.92 Å². The Kier molecular flexibility index (Phi) is 7.13. The molecule has 0 saturated heterocycles. The molecule has 6 nitrogen and oxygen atoms in total. The summed E-state index contributed by atoms with van der Waals surface area (Å²) >= 11 is 0. The third-order valence-corrected chi connectivity index (χ3v) is 5.30. The van der Waals surface area contributed by atoms with E-state index in [-0.39, 0.29) is 5.75 Å².